The molecule has 0 unspecified atom stereocenters. The summed E-state index contributed by atoms with van der Waals surface area (Å²) in [4.78, 5) is 35.1. The predicted octanol–water partition coefficient (Wildman–Crippen LogP) is 3.04. The van der Waals surface area contributed by atoms with Crippen molar-refractivity contribution in [2.75, 3.05) is 19.0 Å². The molecular weight excluding hydrogens is 312 g/mol. The van der Waals surface area contributed by atoms with Gasteiger partial charge in [-0.1, -0.05) is 18.2 Å². The van der Waals surface area contributed by atoms with Crippen molar-refractivity contribution < 1.29 is 19.2 Å². The minimum atomic E-state index is -0.641. The average molecular weight is 328 g/mol. The van der Waals surface area contributed by atoms with Crippen LogP contribution < -0.4 is 5.32 Å². The van der Waals surface area contributed by atoms with Crippen molar-refractivity contribution in [1.82, 2.24) is 0 Å². The van der Waals surface area contributed by atoms with Crippen molar-refractivity contribution in [2.24, 2.45) is 0 Å². The largest absolute Gasteiger partial charge is 0.465 e. The van der Waals surface area contributed by atoms with Gasteiger partial charge in [0, 0.05) is 23.7 Å². The van der Waals surface area contributed by atoms with E-state index in [-0.39, 0.29) is 22.4 Å². The van der Waals surface area contributed by atoms with E-state index in [4.69, 9.17) is 0 Å². The minimum absolute atomic E-state index is 0.114. The number of nitro benzene ring substituents is 1. The Morgan fingerprint density at radius 1 is 1.17 bits per heavy atom. The molecule has 0 heterocycles. The van der Waals surface area contributed by atoms with Crippen molar-refractivity contribution in [1.29, 1.82) is 0 Å². The topological polar surface area (TPSA) is 98.5 Å². The first-order valence-electron chi connectivity index (χ1n) is 7.24. The Kier molecular flexibility index (Phi) is 5.26. The first kappa shape index (κ1) is 17.1. The highest BCUT2D eigenvalue weighted by molar-refractivity contribution is 6.14. The smallest absolute Gasteiger partial charge is 0.338 e. The Labute approximate surface area is 138 Å². The van der Waals surface area contributed by atoms with Crippen LogP contribution in [0.5, 0.6) is 0 Å². The third-order valence-electron chi connectivity index (χ3n) is 3.40. The Morgan fingerprint density at radius 2 is 1.83 bits per heavy atom. The van der Waals surface area contributed by atoms with E-state index in [2.05, 4.69) is 10.1 Å². The maximum atomic E-state index is 12.7. The molecular formula is C17H16N2O5. The van der Waals surface area contributed by atoms with Gasteiger partial charge >= 0.3 is 5.97 Å². The van der Waals surface area contributed by atoms with Gasteiger partial charge in [0.1, 0.15) is 5.69 Å². The van der Waals surface area contributed by atoms with E-state index in [0.29, 0.717) is 12.2 Å². The molecule has 0 atom stereocenters. The number of methoxy groups -OCH3 is 1. The molecule has 2 aromatic rings. The van der Waals surface area contributed by atoms with E-state index in [0.717, 1.165) is 0 Å². The number of ketones is 1. The number of hydrogen-bond acceptors (Lipinski definition) is 6. The maximum absolute atomic E-state index is 12.7. The van der Waals surface area contributed by atoms with Gasteiger partial charge in [-0.05, 0) is 25.1 Å². The lowest BCUT2D eigenvalue weighted by Gasteiger charge is -2.09. The van der Waals surface area contributed by atoms with Crippen LogP contribution in [0.15, 0.2) is 42.5 Å². The van der Waals surface area contributed by atoms with Crippen LogP contribution in [0.2, 0.25) is 0 Å². The summed E-state index contributed by atoms with van der Waals surface area (Å²) in [6, 6.07) is 10.4. The summed E-state index contributed by atoms with van der Waals surface area (Å²) in [6.07, 6.45) is 0. The van der Waals surface area contributed by atoms with Crippen molar-refractivity contribution >= 4 is 23.1 Å². The van der Waals surface area contributed by atoms with Gasteiger partial charge in [-0.3, -0.25) is 14.9 Å². The number of ether oxygens (including phenoxy) is 1. The quantitative estimate of drug-likeness (QED) is 0.379. The number of nitrogens with one attached hydrogen (secondary N) is 1. The van der Waals surface area contributed by atoms with Gasteiger partial charge in [0.2, 0.25) is 0 Å². The lowest BCUT2D eigenvalue weighted by Crippen LogP contribution is -2.12. The van der Waals surface area contributed by atoms with Gasteiger partial charge in [-0.2, -0.15) is 0 Å². The van der Waals surface area contributed by atoms with Gasteiger partial charge in [0.25, 0.3) is 5.69 Å². The normalized spacial score (nSPS) is 10.1. The lowest BCUT2D eigenvalue weighted by atomic mass is 9.97. The second-order valence-electron chi connectivity index (χ2n) is 4.89. The fourth-order valence-corrected chi connectivity index (χ4v) is 2.29. The molecule has 0 aliphatic rings. The van der Waals surface area contributed by atoms with Crippen molar-refractivity contribution in [3.63, 3.8) is 0 Å². The van der Waals surface area contributed by atoms with Gasteiger partial charge in [-0.25, -0.2) is 4.79 Å². The summed E-state index contributed by atoms with van der Waals surface area (Å²) in [5.74, 6) is -1.13. The van der Waals surface area contributed by atoms with Crippen LogP contribution in [0.4, 0.5) is 11.4 Å². The summed E-state index contributed by atoms with van der Waals surface area (Å²) in [5, 5.41) is 14.1. The molecule has 0 saturated carbocycles. The molecule has 0 spiro atoms. The molecule has 0 radical (unpaired) electrons. The summed E-state index contributed by atoms with van der Waals surface area (Å²) >= 11 is 0. The zero-order chi connectivity index (χ0) is 17.7. The van der Waals surface area contributed by atoms with E-state index < -0.39 is 16.7 Å². The molecule has 0 amide bonds. The second-order valence-corrected chi connectivity index (χ2v) is 4.89. The van der Waals surface area contributed by atoms with Crippen LogP contribution in [-0.4, -0.2) is 30.3 Å². The molecule has 2 aromatic carbocycles. The van der Waals surface area contributed by atoms with Crippen LogP contribution in [0.1, 0.15) is 33.2 Å². The molecule has 0 saturated heterocycles. The SMILES string of the molecule is CCNc1ccc(C(=O)c2ccccc2C(=O)OC)cc1[N+](=O)[O-]. The highest BCUT2D eigenvalue weighted by Crippen LogP contribution is 2.27. The molecule has 0 aliphatic heterocycles. The number of carbonyl (C=O) groups excluding carboxylic acids is 2. The summed E-state index contributed by atoms with van der Waals surface area (Å²) < 4.78 is 4.67. The standard InChI is InChI=1S/C17H16N2O5/c1-3-18-14-9-8-11(10-15(14)19(22)23)16(20)12-6-4-5-7-13(12)17(21)24-2/h4-10,18H,3H2,1-2H3. The third-order valence-corrected chi connectivity index (χ3v) is 3.40. The number of benzene rings is 2. The summed E-state index contributed by atoms with van der Waals surface area (Å²) in [7, 11) is 1.22. The average Bonchev–Trinajstić information content (AvgIpc) is 2.60. The zero-order valence-corrected chi connectivity index (χ0v) is 13.2. The van der Waals surface area contributed by atoms with Crippen molar-refractivity contribution in [2.45, 2.75) is 6.92 Å². The molecule has 7 heteroatoms. The zero-order valence-electron chi connectivity index (χ0n) is 13.2. The van der Waals surface area contributed by atoms with Gasteiger partial charge in [0.15, 0.2) is 5.78 Å². The molecule has 0 aliphatic carbocycles. The van der Waals surface area contributed by atoms with E-state index in [1.165, 1.54) is 37.4 Å². The van der Waals surface area contributed by atoms with E-state index >= 15 is 0 Å². The molecule has 7 nitrogen and oxygen atoms in total. The highest BCUT2D eigenvalue weighted by atomic mass is 16.6. The van der Waals surface area contributed by atoms with Crippen LogP contribution in [-0.2, 0) is 4.74 Å². The molecule has 0 bridgehead atoms. The van der Waals surface area contributed by atoms with E-state index in [1.54, 1.807) is 12.1 Å². The number of nitrogens with zero attached hydrogens (tertiary/aromatic N) is 1. The Balaban J connectivity index is 2.50. The predicted molar refractivity (Wildman–Crippen MR) is 88.5 cm³/mol. The fraction of sp³-hybridized carbons (Fsp3) is 0.176. The number of nitro groups is 1. The molecule has 0 fully saturated rings. The van der Waals surface area contributed by atoms with Crippen LogP contribution in [0.3, 0.4) is 0 Å². The number of rotatable bonds is 6. The van der Waals surface area contributed by atoms with Crippen LogP contribution >= 0.6 is 0 Å². The Morgan fingerprint density at radius 3 is 2.42 bits per heavy atom. The van der Waals surface area contributed by atoms with Crippen molar-refractivity contribution in [3.8, 4) is 0 Å². The minimum Gasteiger partial charge on any atom is -0.465 e. The molecule has 24 heavy (non-hydrogen) atoms. The highest BCUT2D eigenvalue weighted by Gasteiger charge is 2.22. The van der Waals surface area contributed by atoms with Crippen LogP contribution in [0, 0.1) is 10.1 Å². The molecule has 124 valence electrons. The first-order chi connectivity index (χ1) is 11.5. The van der Waals surface area contributed by atoms with E-state index in [9.17, 15) is 19.7 Å². The van der Waals surface area contributed by atoms with Crippen LogP contribution in [0.25, 0.3) is 0 Å². The molecule has 0 aromatic heterocycles. The third kappa shape index (κ3) is 3.40. The fourth-order valence-electron chi connectivity index (χ4n) is 2.29. The number of carbonyl (C=O) groups is 2. The monoisotopic (exact) mass is 328 g/mol. The number of hydrogen-bond donors (Lipinski definition) is 1. The summed E-state index contributed by atoms with van der Waals surface area (Å²) in [6.45, 7) is 2.33. The Bertz CT molecular complexity index is 801. The second kappa shape index (κ2) is 7.36. The van der Waals surface area contributed by atoms with Gasteiger partial charge in [-0.15, -0.1) is 0 Å². The Hall–Kier alpha value is -3.22. The van der Waals surface area contributed by atoms with E-state index in [1.807, 2.05) is 6.92 Å². The van der Waals surface area contributed by atoms with Gasteiger partial charge < -0.3 is 10.1 Å². The maximum Gasteiger partial charge on any atom is 0.338 e. The van der Waals surface area contributed by atoms with Crippen molar-refractivity contribution in [3.05, 3.63) is 69.3 Å². The summed E-state index contributed by atoms with van der Waals surface area (Å²) in [5.41, 5.74) is 0.511. The number of esters is 1. The lowest BCUT2D eigenvalue weighted by molar-refractivity contribution is -0.384. The van der Waals surface area contributed by atoms with Gasteiger partial charge in [0.05, 0.1) is 17.6 Å². The molecule has 2 rings (SSSR count). The first-order valence-corrected chi connectivity index (χ1v) is 7.24. The molecule has 1 N–H and O–H groups in total. The number of anilines is 1.